The van der Waals surface area contributed by atoms with Crippen molar-refractivity contribution in [2.24, 2.45) is 0 Å². The van der Waals surface area contributed by atoms with Gasteiger partial charge in [0.25, 0.3) is 0 Å². The van der Waals surface area contributed by atoms with Gasteiger partial charge >= 0.3 is 0 Å². The molecule has 1 amide bonds. The predicted molar refractivity (Wildman–Crippen MR) is 112 cm³/mol. The lowest BCUT2D eigenvalue weighted by molar-refractivity contribution is -0.115. The number of carbonyl (C=O) groups excluding carboxylic acids is 1. The first kappa shape index (κ1) is 18.8. The first-order valence-corrected chi connectivity index (χ1v) is 10.2. The van der Waals surface area contributed by atoms with Gasteiger partial charge in [-0.15, -0.1) is 23.1 Å². The Hall–Kier alpha value is -2.02. The molecule has 1 aromatic heterocycles. The quantitative estimate of drug-likeness (QED) is 0.418. The van der Waals surface area contributed by atoms with Crippen molar-refractivity contribution in [3.05, 3.63) is 58.9 Å². The number of hydrogen-bond donors (Lipinski definition) is 2. The number of nitrogen functional groups attached to an aromatic ring is 1. The van der Waals surface area contributed by atoms with Gasteiger partial charge in [0.05, 0.1) is 10.9 Å². The average Bonchev–Trinajstić information content (AvgIpc) is 3.08. The summed E-state index contributed by atoms with van der Waals surface area (Å²) in [7, 11) is 0. The van der Waals surface area contributed by atoms with Gasteiger partial charge in [-0.3, -0.25) is 4.79 Å². The van der Waals surface area contributed by atoms with Gasteiger partial charge < -0.3 is 11.1 Å². The zero-order valence-electron chi connectivity index (χ0n) is 14.1. The number of thioether (sulfide) groups is 1. The van der Waals surface area contributed by atoms with Crippen molar-refractivity contribution >= 4 is 51.4 Å². The van der Waals surface area contributed by atoms with Gasteiger partial charge in [-0.2, -0.15) is 0 Å². The molecule has 0 aliphatic rings. The van der Waals surface area contributed by atoms with Crippen LogP contribution in [0.5, 0.6) is 0 Å². The van der Waals surface area contributed by atoms with Gasteiger partial charge in [-0.1, -0.05) is 42.8 Å². The summed E-state index contributed by atoms with van der Waals surface area (Å²) < 4.78 is 0. The third-order valence-electron chi connectivity index (χ3n) is 3.68. The molecule has 1 unspecified atom stereocenters. The van der Waals surface area contributed by atoms with Crippen molar-refractivity contribution < 1.29 is 4.79 Å². The van der Waals surface area contributed by atoms with Crippen LogP contribution in [-0.2, 0) is 4.79 Å². The van der Waals surface area contributed by atoms with Crippen LogP contribution in [0.15, 0.2) is 58.8 Å². The smallest absolute Gasteiger partial charge is 0.239 e. The number of hydrogen-bond acceptors (Lipinski definition) is 5. The molecule has 134 valence electrons. The van der Waals surface area contributed by atoms with Gasteiger partial charge in [0.1, 0.15) is 0 Å². The largest absolute Gasteiger partial charge is 0.399 e. The van der Waals surface area contributed by atoms with Crippen LogP contribution in [0, 0.1) is 0 Å². The summed E-state index contributed by atoms with van der Waals surface area (Å²) in [5.74, 6) is -0.0695. The lowest BCUT2D eigenvalue weighted by atomic mass is 10.2. The average molecular weight is 404 g/mol. The molecular weight excluding hydrogens is 386 g/mol. The van der Waals surface area contributed by atoms with Crippen molar-refractivity contribution in [3.63, 3.8) is 0 Å². The highest BCUT2D eigenvalue weighted by molar-refractivity contribution is 8.00. The van der Waals surface area contributed by atoms with Crippen LogP contribution >= 0.6 is 34.7 Å². The van der Waals surface area contributed by atoms with E-state index in [0.29, 0.717) is 22.3 Å². The maximum absolute atomic E-state index is 12.6. The summed E-state index contributed by atoms with van der Waals surface area (Å²) in [6.07, 6.45) is 0.702. The second-order valence-electron chi connectivity index (χ2n) is 5.59. The first-order valence-electron chi connectivity index (χ1n) is 8.10. The third kappa shape index (κ3) is 4.58. The number of halogens is 1. The molecule has 0 bridgehead atoms. The van der Waals surface area contributed by atoms with Crippen LogP contribution in [0.1, 0.15) is 13.3 Å². The van der Waals surface area contributed by atoms with Crippen molar-refractivity contribution in [2.75, 3.05) is 11.1 Å². The highest BCUT2D eigenvalue weighted by atomic mass is 35.5. The van der Waals surface area contributed by atoms with Gasteiger partial charge in [-0.25, -0.2) is 4.98 Å². The van der Waals surface area contributed by atoms with E-state index in [1.807, 2.05) is 60.8 Å². The fourth-order valence-corrected chi connectivity index (χ4v) is 4.35. The van der Waals surface area contributed by atoms with Gasteiger partial charge in [0.15, 0.2) is 5.13 Å². The minimum Gasteiger partial charge on any atom is -0.399 e. The number of aromatic nitrogens is 1. The van der Waals surface area contributed by atoms with Gasteiger partial charge in [0.2, 0.25) is 5.91 Å². The standard InChI is InChI=1S/C19H18ClN3OS2/c1-2-17(26-13-7-5-6-12(21)10-13)18(24)23-19-22-16(11-25-19)14-8-3-4-9-15(14)20/h3-11,17H,2,21H2,1H3,(H,22,23,24). The number of nitrogens with zero attached hydrogens (tertiary/aromatic N) is 1. The van der Waals surface area contributed by atoms with Crippen molar-refractivity contribution in [3.8, 4) is 11.3 Å². The number of amides is 1. The molecule has 26 heavy (non-hydrogen) atoms. The summed E-state index contributed by atoms with van der Waals surface area (Å²) in [4.78, 5) is 18.1. The Balaban J connectivity index is 1.70. The number of nitrogens with one attached hydrogen (secondary N) is 1. The van der Waals surface area contributed by atoms with Crippen LogP contribution in [-0.4, -0.2) is 16.1 Å². The van der Waals surface area contributed by atoms with Crippen LogP contribution in [0.3, 0.4) is 0 Å². The van der Waals surface area contributed by atoms with Gasteiger partial charge in [0, 0.05) is 26.5 Å². The summed E-state index contributed by atoms with van der Waals surface area (Å²) in [5.41, 5.74) is 8.11. The lowest BCUT2D eigenvalue weighted by Crippen LogP contribution is -2.24. The number of anilines is 2. The van der Waals surface area contributed by atoms with Crippen molar-refractivity contribution in [1.29, 1.82) is 0 Å². The zero-order valence-corrected chi connectivity index (χ0v) is 16.5. The number of rotatable bonds is 6. The maximum Gasteiger partial charge on any atom is 0.239 e. The van der Waals surface area contributed by atoms with E-state index in [9.17, 15) is 4.79 Å². The Kier molecular flexibility index (Phi) is 6.19. The monoisotopic (exact) mass is 403 g/mol. The van der Waals surface area contributed by atoms with Crippen LogP contribution < -0.4 is 11.1 Å². The van der Waals surface area contributed by atoms with Crippen LogP contribution in [0.2, 0.25) is 5.02 Å². The molecule has 0 aliphatic carbocycles. The minimum absolute atomic E-state index is 0.0695. The van der Waals surface area contributed by atoms with E-state index in [1.54, 1.807) is 0 Å². The molecule has 0 saturated carbocycles. The number of thiazole rings is 1. The Morgan fingerprint density at radius 2 is 2.12 bits per heavy atom. The second-order valence-corrected chi connectivity index (χ2v) is 8.14. The Labute approximate surface area is 165 Å². The highest BCUT2D eigenvalue weighted by Gasteiger charge is 2.19. The summed E-state index contributed by atoms with van der Waals surface area (Å²) >= 11 is 9.10. The predicted octanol–water partition coefficient (Wildman–Crippen LogP) is 5.56. The molecule has 4 nitrogen and oxygen atoms in total. The molecular formula is C19H18ClN3OS2. The van der Waals surface area contributed by atoms with E-state index in [-0.39, 0.29) is 11.2 Å². The molecule has 3 aromatic rings. The van der Waals surface area contributed by atoms with E-state index in [0.717, 1.165) is 16.2 Å². The van der Waals surface area contributed by atoms with E-state index in [4.69, 9.17) is 17.3 Å². The molecule has 1 atom stereocenters. The van der Waals surface area contributed by atoms with Crippen molar-refractivity contribution in [1.82, 2.24) is 4.98 Å². The molecule has 3 N–H and O–H groups in total. The Bertz CT molecular complexity index is 913. The van der Waals surface area contributed by atoms with E-state index >= 15 is 0 Å². The Morgan fingerprint density at radius 3 is 2.85 bits per heavy atom. The fourth-order valence-electron chi connectivity index (χ4n) is 2.38. The third-order valence-corrected chi connectivity index (χ3v) is 6.13. The van der Waals surface area contributed by atoms with Gasteiger partial charge in [-0.05, 0) is 30.7 Å². The molecule has 0 saturated heterocycles. The summed E-state index contributed by atoms with van der Waals surface area (Å²) in [6.45, 7) is 1.99. The Morgan fingerprint density at radius 1 is 1.31 bits per heavy atom. The van der Waals surface area contributed by atoms with Crippen LogP contribution in [0.4, 0.5) is 10.8 Å². The molecule has 0 spiro atoms. The van der Waals surface area contributed by atoms with Crippen molar-refractivity contribution in [2.45, 2.75) is 23.5 Å². The van der Waals surface area contributed by atoms with E-state index in [2.05, 4.69) is 10.3 Å². The molecule has 0 fully saturated rings. The zero-order chi connectivity index (χ0) is 18.5. The molecule has 2 aromatic carbocycles. The summed E-state index contributed by atoms with van der Waals surface area (Å²) in [6, 6.07) is 15.1. The van der Waals surface area contributed by atoms with Crippen LogP contribution in [0.25, 0.3) is 11.3 Å². The molecule has 3 rings (SSSR count). The molecule has 7 heteroatoms. The number of benzene rings is 2. The molecule has 1 heterocycles. The van der Waals surface area contributed by atoms with E-state index < -0.39 is 0 Å². The minimum atomic E-state index is -0.218. The lowest BCUT2D eigenvalue weighted by Gasteiger charge is -2.13. The SMILES string of the molecule is CCC(Sc1cccc(N)c1)C(=O)Nc1nc(-c2ccccc2Cl)cs1. The number of carbonyl (C=O) groups is 1. The normalized spacial score (nSPS) is 11.9. The topological polar surface area (TPSA) is 68.0 Å². The number of nitrogens with two attached hydrogens (primary N) is 1. The molecule has 0 radical (unpaired) electrons. The summed E-state index contributed by atoms with van der Waals surface area (Å²) in [5, 5.41) is 5.79. The van der Waals surface area contributed by atoms with E-state index in [1.165, 1.54) is 23.1 Å². The second kappa shape index (κ2) is 8.58. The maximum atomic E-state index is 12.6. The highest BCUT2D eigenvalue weighted by Crippen LogP contribution is 2.31. The fraction of sp³-hybridized carbons (Fsp3) is 0.158. The molecule has 0 aliphatic heterocycles. The first-order chi connectivity index (χ1) is 12.6.